The smallest absolute Gasteiger partial charge is 0.170 e. The minimum atomic E-state index is 0.449. The highest BCUT2D eigenvalue weighted by Crippen LogP contribution is 2.16. The molecular weight excluding hydrogens is 340 g/mol. The van der Waals surface area contributed by atoms with Gasteiger partial charge in [0.25, 0.3) is 0 Å². The van der Waals surface area contributed by atoms with E-state index < -0.39 is 0 Å². The third-order valence-electron chi connectivity index (χ3n) is 5.01. The summed E-state index contributed by atoms with van der Waals surface area (Å²) in [7, 11) is 0. The average Bonchev–Trinajstić information content (AvgIpc) is 2.69. The largest absolute Gasteiger partial charge is 0.369 e. The van der Waals surface area contributed by atoms with E-state index in [2.05, 4.69) is 76.7 Å². The predicted octanol–water partition coefficient (Wildman–Crippen LogP) is 3.49. The first kappa shape index (κ1) is 18.7. The number of hydrogen-bond donors (Lipinski definition) is 2. The van der Waals surface area contributed by atoms with Crippen LogP contribution >= 0.6 is 12.2 Å². The van der Waals surface area contributed by atoms with E-state index in [0.29, 0.717) is 11.2 Å². The summed E-state index contributed by atoms with van der Waals surface area (Å²) in [5.41, 5.74) is 3.58. The molecule has 0 aliphatic carbocycles. The Morgan fingerprint density at radius 2 is 1.65 bits per heavy atom. The van der Waals surface area contributed by atoms with Crippen molar-refractivity contribution in [3.05, 3.63) is 60.2 Å². The minimum Gasteiger partial charge on any atom is -0.369 e. The van der Waals surface area contributed by atoms with Crippen molar-refractivity contribution >= 4 is 28.7 Å². The number of benzene rings is 2. The molecule has 1 atom stereocenters. The first-order valence-corrected chi connectivity index (χ1v) is 9.69. The number of rotatable bonds is 5. The third-order valence-corrected chi connectivity index (χ3v) is 5.26. The Labute approximate surface area is 162 Å². The molecule has 2 aromatic carbocycles. The second-order valence-corrected chi connectivity index (χ2v) is 7.27. The first-order valence-electron chi connectivity index (χ1n) is 9.28. The van der Waals surface area contributed by atoms with Crippen molar-refractivity contribution in [2.24, 2.45) is 0 Å². The van der Waals surface area contributed by atoms with Gasteiger partial charge in [-0.15, -0.1) is 0 Å². The molecule has 2 aromatic rings. The Morgan fingerprint density at radius 3 is 2.35 bits per heavy atom. The molecule has 26 heavy (non-hydrogen) atoms. The second-order valence-electron chi connectivity index (χ2n) is 6.86. The summed E-state index contributed by atoms with van der Waals surface area (Å²) >= 11 is 5.45. The summed E-state index contributed by atoms with van der Waals surface area (Å²) in [4.78, 5) is 4.99. The summed E-state index contributed by atoms with van der Waals surface area (Å²) < 4.78 is 0. The van der Waals surface area contributed by atoms with E-state index in [0.717, 1.165) is 38.4 Å². The number of anilines is 2. The summed E-state index contributed by atoms with van der Waals surface area (Å²) in [5, 5.41) is 7.34. The van der Waals surface area contributed by atoms with E-state index in [1.807, 2.05) is 12.1 Å². The minimum absolute atomic E-state index is 0.449. The van der Waals surface area contributed by atoms with E-state index in [1.54, 1.807) is 0 Å². The fourth-order valence-corrected chi connectivity index (χ4v) is 3.50. The molecule has 1 saturated heterocycles. The van der Waals surface area contributed by atoms with Crippen LogP contribution in [-0.2, 0) is 0 Å². The van der Waals surface area contributed by atoms with Gasteiger partial charge >= 0.3 is 0 Å². The maximum Gasteiger partial charge on any atom is 0.170 e. The summed E-state index contributed by atoms with van der Waals surface area (Å²) in [5.74, 6) is 0. The van der Waals surface area contributed by atoms with Gasteiger partial charge in [-0.3, -0.25) is 4.90 Å². The molecule has 0 radical (unpaired) electrons. The Morgan fingerprint density at radius 1 is 1.00 bits per heavy atom. The van der Waals surface area contributed by atoms with E-state index in [9.17, 15) is 0 Å². The molecule has 1 unspecified atom stereocenters. The lowest BCUT2D eigenvalue weighted by atomic mass is 10.2. The molecule has 1 aliphatic heterocycles. The van der Waals surface area contributed by atoms with Crippen molar-refractivity contribution in [1.82, 2.24) is 10.2 Å². The third kappa shape index (κ3) is 4.96. The van der Waals surface area contributed by atoms with E-state index in [4.69, 9.17) is 12.2 Å². The van der Waals surface area contributed by atoms with Gasteiger partial charge in [-0.2, -0.15) is 0 Å². The van der Waals surface area contributed by atoms with Crippen LogP contribution in [0.2, 0.25) is 0 Å². The van der Waals surface area contributed by atoms with Gasteiger partial charge in [0.1, 0.15) is 0 Å². The van der Waals surface area contributed by atoms with Gasteiger partial charge in [0.05, 0.1) is 0 Å². The topological polar surface area (TPSA) is 30.5 Å². The number of para-hydroxylation sites is 2. The van der Waals surface area contributed by atoms with Gasteiger partial charge in [-0.05, 0) is 49.8 Å². The van der Waals surface area contributed by atoms with Crippen LogP contribution in [0.25, 0.3) is 0 Å². The molecule has 3 rings (SSSR count). The number of aryl methyl sites for hydroxylation is 1. The molecule has 4 nitrogen and oxygen atoms in total. The summed E-state index contributed by atoms with van der Waals surface area (Å²) in [6.07, 6.45) is 0. The number of thiocarbonyl (C=S) groups is 1. The van der Waals surface area contributed by atoms with Crippen LogP contribution in [0.4, 0.5) is 11.4 Å². The first-order chi connectivity index (χ1) is 12.6. The fourth-order valence-electron chi connectivity index (χ4n) is 3.31. The highest BCUT2D eigenvalue weighted by atomic mass is 32.1. The van der Waals surface area contributed by atoms with Crippen LogP contribution in [0.1, 0.15) is 12.5 Å². The highest BCUT2D eigenvalue weighted by Gasteiger charge is 2.21. The Kier molecular flexibility index (Phi) is 6.47. The van der Waals surface area contributed by atoms with Gasteiger partial charge in [0.2, 0.25) is 0 Å². The van der Waals surface area contributed by atoms with Crippen LogP contribution in [0.5, 0.6) is 0 Å². The normalized spacial score (nSPS) is 16.2. The lowest BCUT2D eigenvalue weighted by Gasteiger charge is -2.39. The van der Waals surface area contributed by atoms with Crippen molar-refractivity contribution in [2.75, 3.05) is 42.9 Å². The number of hydrogen-bond acceptors (Lipinski definition) is 3. The molecule has 138 valence electrons. The number of nitrogens with one attached hydrogen (secondary N) is 2. The van der Waals surface area contributed by atoms with Gasteiger partial charge in [-0.25, -0.2) is 0 Å². The summed E-state index contributed by atoms with van der Waals surface area (Å²) in [6, 6.07) is 19.3. The van der Waals surface area contributed by atoms with Crippen molar-refractivity contribution < 1.29 is 0 Å². The molecule has 1 heterocycles. The maximum atomic E-state index is 5.45. The van der Waals surface area contributed by atoms with Crippen molar-refractivity contribution in [2.45, 2.75) is 19.9 Å². The average molecular weight is 369 g/mol. The number of nitrogens with zero attached hydrogens (tertiary/aromatic N) is 2. The van der Waals surface area contributed by atoms with E-state index in [1.165, 1.54) is 11.3 Å². The molecular formula is C21H28N4S. The Bertz CT molecular complexity index is 711. The lowest BCUT2D eigenvalue weighted by Crippen LogP contribution is -2.52. The molecule has 5 heteroatoms. The molecule has 1 fully saturated rings. The van der Waals surface area contributed by atoms with Crippen molar-refractivity contribution in [3.8, 4) is 0 Å². The second kappa shape index (κ2) is 9.01. The standard InChI is InChI=1S/C21H28N4S/c1-17-8-6-7-11-20(17)23-21(26)22-16-18(2)24-12-14-25(15-13-24)19-9-4-3-5-10-19/h3-11,18H,12-16H2,1-2H3,(H2,22,23,26). The maximum absolute atomic E-state index is 5.45. The molecule has 2 N–H and O–H groups in total. The van der Waals surface area contributed by atoms with Gasteiger partial charge in [-0.1, -0.05) is 36.4 Å². The zero-order chi connectivity index (χ0) is 18.4. The monoisotopic (exact) mass is 368 g/mol. The van der Waals surface area contributed by atoms with Crippen LogP contribution in [0.15, 0.2) is 54.6 Å². The van der Waals surface area contributed by atoms with Crippen molar-refractivity contribution in [1.29, 1.82) is 0 Å². The fraction of sp³-hybridized carbons (Fsp3) is 0.381. The van der Waals surface area contributed by atoms with Crippen LogP contribution in [-0.4, -0.2) is 48.8 Å². The van der Waals surface area contributed by atoms with Crippen molar-refractivity contribution in [3.63, 3.8) is 0 Å². The predicted molar refractivity (Wildman–Crippen MR) is 115 cm³/mol. The molecule has 0 spiro atoms. The van der Waals surface area contributed by atoms with Gasteiger partial charge in [0, 0.05) is 50.1 Å². The van der Waals surface area contributed by atoms with Crippen LogP contribution in [0.3, 0.4) is 0 Å². The Hall–Kier alpha value is -2.11. The zero-order valence-corrected chi connectivity index (χ0v) is 16.4. The molecule has 1 aliphatic rings. The van der Waals surface area contributed by atoms with E-state index in [-0.39, 0.29) is 0 Å². The lowest BCUT2D eigenvalue weighted by molar-refractivity contribution is 0.198. The summed E-state index contributed by atoms with van der Waals surface area (Å²) in [6.45, 7) is 9.50. The zero-order valence-electron chi connectivity index (χ0n) is 15.6. The molecule has 0 amide bonds. The number of piperazine rings is 1. The van der Waals surface area contributed by atoms with Crippen LogP contribution < -0.4 is 15.5 Å². The van der Waals surface area contributed by atoms with Crippen LogP contribution in [0, 0.1) is 6.92 Å². The molecule has 0 aromatic heterocycles. The Balaban J connectivity index is 1.42. The highest BCUT2D eigenvalue weighted by molar-refractivity contribution is 7.80. The molecule has 0 bridgehead atoms. The SMILES string of the molecule is Cc1ccccc1NC(=S)NCC(C)N1CCN(c2ccccc2)CC1. The molecule has 0 saturated carbocycles. The quantitative estimate of drug-likeness (QED) is 0.789. The van der Waals surface area contributed by atoms with Gasteiger partial charge in [0.15, 0.2) is 5.11 Å². The van der Waals surface area contributed by atoms with E-state index >= 15 is 0 Å². The van der Waals surface area contributed by atoms with Gasteiger partial charge < -0.3 is 15.5 Å².